The number of hydrogen-bond donors (Lipinski definition) is 0. The van der Waals surface area contributed by atoms with Crippen molar-refractivity contribution in [2.45, 2.75) is 40.5 Å². The van der Waals surface area contributed by atoms with Gasteiger partial charge in [-0.05, 0) is 107 Å². The molecule has 2 nitrogen and oxygen atoms in total. The zero-order chi connectivity index (χ0) is 33.7. The maximum Gasteiger partial charge on any atom is 0.338 e. The maximum absolute atomic E-state index is 12.2. The molecule has 0 unspecified atom stereocenters. The fourth-order valence-corrected chi connectivity index (χ4v) is 5.34. The van der Waals surface area contributed by atoms with Crippen LogP contribution in [0.2, 0.25) is 0 Å². The lowest BCUT2D eigenvalue weighted by molar-refractivity contribution is 0.0526. The number of hydrogen-bond acceptors (Lipinski definition) is 2. The van der Waals surface area contributed by atoms with E-state index >= 15 is 0 Å². The van der Waals surface area contributed by atoms with E-state index < -0.39 is 0 Å². The van der Waals surface area contributed by atoms with Crippen LogP contribution in [0.3, 0.4) is 0 Å². The highest BCUT2D eigenvalue weighted by molar-refractivity contribution is 5.90. The number of rotatable bonds is 12. The second kappa shape index (κ2) is 16.9. The van der Waals surface area contributed by atoms with E-state index in [1.54, 1.807) is 0 Å². The summed E-state index contributed by atoms with van der Waals surface area (Å²) in [5.41, 5.74) is 13.4. The van der Waals surface area contributed by atoms with Crippen molar-refractivity contribution in [3.05, 3.63) is 176 Å². The van der Waals surface area contributed by atoms with Crippen molar-refractivity contribution in [2.24, 2.45) is 0 Å². The van der Waals surface area contributed by atoms with E-state index in [2.05, 4.69) is 154 Å². The lowest BCUT2D eigenvalue weighted by Crippen LogP contribution is -2.03. The van der Waals surface area contributed by atoms with Crippen LogP contribution in [-0.4, -0.2) is 12.6 Å². The van der Waals surface area contributed by atoms with E-state index in [9.17, 15) is 4.79 Å². The van der Waals surface area contributed by atoms with Crippen LogP contribution in [0.1, 0.15) is 92.3 Å². The molecule has 240 valence electrons. The maximum atomic E-state index is 12.2. The molecule has 0 heterocycles. The van der Waals surface area contributed by atoms with Crippen LogP contribution in [-0.2, 0) is 17.6 Å². The van der Waals surface area contributed by atoms with Crippen molar-refractivity contribution < 1.29 is 9.53 Å². The fourth-order valence-electron chi connectivity index (χ4n) is 5.34. The summed E-state index contributed by atoms with van der Waals surface area (Å²) >= 11 is 0. The molecule has 0 amide bonds. The van der Waals surface area contributed by atoms with E-state index in [4.69, 9.17) is 4.74 Å². The number of aryl methyl sites for hydroxylation is 3. The Labute approximate surface area is 286 Å². The molecule has 0 saturated heterocycles. The molecule has 2 heteroatoms. The summed E-state index contributed by atoms with van der Waals surface area (Å²) in [6.07, 6.45) is 19.5. The predicted molar refractivity (Wildman–Crippen MR) is 207 cm³/mol. The molecule has 0 bridgehead atoms. The highest BCUT2D eigenvalue weighted by atomic mass is 16.5. The molecule has 0 radical (unpaired) electrons. The van der Waals surface area contributed by atoms with E-state index in [-0.39, 0.29) is 5.97 Å². The lowest BCUT2D eigenvalue weighted by Gasteiger charge is -2.10. The highest BCUT2D eigenvalue weighted by Crippen LogP contribution is 2.26. The summed E-state index contributed by atoms with van der Waals surface area (Å²) < 4.78 is 5.16. The topological polar surface area (TPSA) is 26.3 Å². The number of ether oxygens (including phenoxy) is 1. The number of carbonyl (C=O) groups is 1. The summed E-state index contributed by atoms with van der Waals surface area (Å²) in [5.74, 6) is -0.303. The summed E-state index contributed by atoms with van der Waals surface area (Å²) in [6, 6.07) is 38.1. The van der Waals surface area contributed by atoms with Crippen molar-refractivity contribution in [3.63, 3.8) is 0 Å². The third kappa shape index (κ3) is 9.53. The van der Waals surface area contributed by atoms with Gasteiger partial charge in [-0.25, -0.2) is 4.79 Å². The minimum atomic E-state index is -0.303. The summed E-state index contributed by atoms with van der Waals surface area (Å²) in [4.78, 5) is 12.2. The first-order valence-electron chi connectivity index (χ1n) is 16.9. The zero-order valence-corrected chi connectivity index (χ0v) is 28.4. The summed E-state index contributed by atoms with van der Waals surface area (Å²) in [5, 5.41) is 0. The molecule has 5 rings (SSSR count). The van der Waals surface area contributed by atoms with Gasteiger partial charge in [0.1, 0.15) is 0 Å². The first-order chi connectivity index (χ1) is 23.4. The van der Waals surface area contributed by atoms with Crippen LogP contribution < -0.4 is 0 Å². The summed E-state index contributed by atoms with van der Waals surface area (Å²) in [7, 11) is 0. The van der Waals surface area contributed by atoms with Crippen molar-refractivity contribution >= 4 is 54.6 Å². The Hall–Kier alpha value is -5.47. The van der Waals surface area contributed by atoms with E-state index in [0.717, 1.165) is 46.2 Å². The largest absolute Gasteiger partial charge is 0.462 e. The molecule has 0 saturated carbocycles. The van der Waals surface area contributed by atoms with E-state index in [1.165, 1.54) is 27.8 Å². The Morgan fingerprint density at radius 2 is 0.812 bits per heavy atom. The van der Waals surface area contributed by atoms with Crippen LogP contribution in [0.15, 0.2) is 109 Å². The average Bonchev–Trinajstić information content (AvgIpc) is 3.13. The van der Waals surface area contributed by atoms with E-state index in [1.807, 2.05) is 31.2 Å². The molecule has 0 aliphatic rings. The van der Waals surface area contributed by atoms with Gasteiger partial charge in [0.25, 0.3) is 0 Å². The van der Waals surface area contributed by atoms with Gasteiger partial charge in [-0.1, -0.05) is 153 Å². The van der Waals surface area contributed by atoms with Crippen molar-refractivity contribution in [3.8, 4) is 0 Å². The predicted octanol–water partition coefficient (Wildman–Crippen LogP) is 12.0. The molecule has 0 N–H and O–H groups in total. The average molecular weight is 629 g/mol. The molecule has 0 spiro atoms. The molecule has 0 atom stereocenters. The smallest absolute Gasteiger partial charge is 0.338 e. The number of carbonyl (C=O) groups excluding carboxylic acids is 1. The Morgan fingerprint density at radius 1 is 0.479 bits per heavy atom. The van der Waals surface area contributed by atoms with Crippen LogP contribution >= 0.6 is 0 Å². The molecule has 0 aliphatic heterocycles. The Bertz CT molecular complexity index is 1920. The Balaban J connectivity index is 1.57. The standard InChI is InChI=1S/C46H44O2/c1-5-35-12-16-38(17-13-35)23-29-43-32-42(28-22-37-10-8-34(4)9-11-37)45(31-25-40-20-26-41(27-21-40)46(47)48-7-3)33-44(43)30-24-39-18-14-36(6-2)15-19-39/h8-33H,5-7H2,1-4H3/b28-22+,29-23+,30-24+,31-25+. The molecule has 5 aromatic carbocycles. The molecule has 0 fully saturated rings. The molecule has 0 aromatic heterocycles. The van der Waals surface area contributed by atoms with Gasteiger partial charge in [0, 0.05) is 0 Å². The Kier molecular flexibility index (Phi) is 11.9. The van der Waals surface area contributed by atoms with Gasteiger partial charge in [0.15, 0.2) is 0 Å². The first kappa shape index (κ1) is 33.9. The monoisotopic (exact) mass is 628 g/mol. The van der Waals surface area contributed by atoms with Gasteiger partial charge in [-0.15, -0.1) is 0 Å². The summed E-state index contributed by atoms with van der Waals surface area (Å²) in [6.45, 7) is 8.64. The fraction of sp³-hybridized carbons (Fsp3) is 0.152. The quantitative estimate of drug-likeness (QED) is 0.101. The van der Waals surface area contributed by atoms with Crippen LogP contribution in [0, 0.1) is 6.92 Å². The zero-order valence-electron chi connectivity index (χ0n) is 28.4. The van der Waals surface area contributed by atoms with Crippen LogP contribution in [0.4, 0.5) is 0 Å². The lowest BCUT2D eigenvalue weighted by atomic mass is 9.95. The van der Waals surface area contributed by atoms with E-state index in [0.29, 0.717) is 12.2 Å². The second-order valence-corrected chi connectivity index (χ2v) is 11.9. The molecule has 0 aliphatic carbocycles. The molecular weight excluding hydrogens is 585 g/mol. The van der Waals surface area contributed by atoms with Gasteiger partial charge < -0.3 is 4.74 Å². The highest BCUT2D eigenvalue weighted by Gasteiger charge is 2.07. The van der Waals surface area contributed by atoms with Gasteiger partial charge in [0.05, 0.1) is 12.2 Å². The molecule has 48 heavy (non-hydrogen) atoms. The van der Waals surface area contributed by atoms with Crippen molar-refractivity contribution in [1.82, 2.24) is 0 Å². The number of benzene rings is 5. The van der Waals surface area contributed by atoms with Crippen molar-refractivity contribution in [2.75, 3.05) is 6.61 Å². The SMILES string of the molecule is CCOC(=O)c1ccc(/C=C/c2cc(/C=C/c3ccc(CC)cc3)c(/C=C/c3ccc(CC)cc3)cc2/C=C/c2ccc(C)cc2)cc1. The molecular formula is C46H44O2. The third-order valence-electron chi connectivity index (χ3n) is 8.39. The number of esters is 1. The van der Waals surface area contributed by atoms with Crippen LogP contribution in [0.5, 0.6) is 0 Å². The normalized spacial score (nSPS) is 11.8. The Morgan fingerprint density at radius 3 is 1.15 bits per heavy atom. The van der Waals surface area contributed by atoms with Gasteiger partial charge in [0.2, 0.25) is 0 Å². The first-order valence-corrected chi connectivity index (χ1v) is 16.9. The van der Waals surface area contributed by atoms with Crippen LogP contribution in [0.25, 0.3) is 48.6 Å². The minimum Gasteiger partial charge on any atom is -0.462 e. The van der Waals surface area contributed by atoms with Crippen molar-refractivity contribution in [1.29, 1.82) is 0 Å². The van der Waals surface area contributed by atoms with Gasteiger partial charge in [-0.2, -0.15) is 0 Å². The minimum absolute atomic E-state index is 0.303. The third-order valence-corrected chi connectivity index (χ3v) is 8.39. The second-order valence-electron chi connectivity index (χ2n) is 11.9. The van der Waals surface area contributed by atoms with Gasteiger partial charge >= 0.3 is 5.97 Å². The van der Waals surface area contributed by atoms with Gasteiger partial charge in [-0.3, -0.25) is 0 Å². The molecule has 5 aromatic rings.